The number of hydrogen-bond acceptors (Lipinski definition) is 7. The Balaban J connectivity index is 1.63. The molecule has 28 heavy (non-hydrogen) atoms. The summed E-state index contributed by atoms with van der Waals surface area (Å²) in [6.45, 7) is 0.172. The number of nitrogens with zero attached hydrogens (tertiary/aromatic N) is 5. The fourth-order valence-corrected chi connectivity index (χ4v) is 2.80. The van der Waals surface area contributed by atoms with Gasteiger partial charge in [0, 0.05) is 0 Å². The minimum absolute atomic E-state index is 0.0139. The zero-order valence-corrected chi connectivity index (χ0v) is 14.1. The van der Waals surface area contributed by atoms with Crippen LogP contribution in [0.15, 0.2) is 47.0 Å². The van der Waals surface area contributed by atoms with Gasteiger partial charge < -0.3 is 9.26 Å². The van der Waals surface area contributed by atoms with E-state index in [1.54, 1.807) is 0 Å². The van der Waals surface area contributed by atoms with E-state index in [2.05, 4.69) is 24.9 Å². The summed E-state index contributed by atoms with van der Waals surface area (Å²) < 4.78 is 47.3. The van der Waals surface area contributed by atoms with Crippen molar-refractivity contribution in [2.75, 3.05) is 18.1 Å². The first-order valence-electron chi connectivity index (χ1n) is 8.13. The minimum atomic E-state index is -4.75. The lowest BCUT2D eigenvalue weighted by Gasteiger charge is -2.34. The fraction of sp³-hybridized carbons (Fsp3) is 0.235. The van der Waals surface area contributed by atoms with Crippen molar-refractivity contribution < 1.29 is 27.2 Å². The molecule has 1 aliphatic heterocycles. The van der Waals surface area contributed by atoms with E-state index in [1.165, 1.54) is 17.0 Å². The van der Waals surface area contributed by atoms with Gasteiger partial charge in [-0.05, 0) is 17.7 Å². The number of amides is 1. The molecular weight excluding hydrogens is 379 g/mol. The zero-order valence-electron chi connectivity index (χ0n) is 14.1. The second-order valence-corrected chi connectivity index (χ2v) is 5.90. The summed E-state index contributed by atoms with van der Waals surface area (Å²) in [5, 5.41) is 11.1. The Kier molecular flexibility index (Phi) is 4.51. The van der Waals surface area contributed by atoms with E-state index < -0.39 is 18.1 Å². The van der Waals surface area contributed by atoms with Crippen LogP contribution in [0.3, 0.4) is 0 Å². The van der Waals surface area contributed by atoms with Crippen molar-refractivity contribution in [1.29, 1.82) is 0 Å². The van der Waals surface area contributed by atoms with Crippen molar-refractivity contribution in [3.05, 3.63) is 53.9 Å². The number of morpholine rings is 1. The SMILES string of the molecule is O=C1COC[C@@H](c2ccccc2)N1c1ccc(-c2noc(C(F)(F)F)n2)nn1. The molecule has 3 heterocycles. The van der Waals surface area contributed by atoms with E-state index in [0.29, 0.717) is 0 Å². The van der Waals surface area contributed by atoms with Crippen molar-refractivity contribution in [3.8, 4) is 11.5 Å². The highest BCUT2D eigenvalue weighted by molar-refractivity contribution is 5.94. The number of halogens is 3. The fourth-order valence-electron chi connectivity index (χ4n) is 2.80. The van der Waals surface area contributed by atoms with Gasteiger partial charge in [0.2, 0.25) is 5.82 Å². The molecule has 1 aromatic carbocycles. The molecule has 0 N–H and O–H groups in total. The number of hydrogen-bond donors (Lipinski definition) is 0. The molecule has 2 aromatic heterocycles. The Hall–Kier alpha value is -3.34. The van der Waals surface area contributed by atoms with Gasteiger partial charge >= 0.3 is 12.1 Å². The maximum atomic E-state index is 12.6. The molecule has 4 rings (SSSR count). The summed E-state index contributed by atoms with van der Waals surface area (Å²) in [6, 6.07) is 11.7. The molecule has 1 atom stereocenters. The Morgan fingerprint density at radius 1 is 1.07 bits per heavy atom. The molecule has 1 fully saturated rings. The molecule has 0 spiro atoms. The molecule has 8 nitrogen and oxygen atoms in total. The van der Waals surface area contributed by atoms with Crippen LogP contribution in [0.1, 0.15) is 17.5 Å². The first-order chi connectivity index (χ1) is 13.4. The number of benzene rings is 1. The Morgan fingerprint density at radius 3 is 2.50 bits per heavy atom. The number of rotatable bonds is 3. The summed E-state index contributed by atoms with van der Waals surface area (Å²) in [7, 11) is 0. The van der Waals surface area contributed by atoms with Crippen molar-refractivity contribution in [3.63, 3.8) is 0 Å². The van der Waals surface area contributed by atoms with Crippen LogP contribution in [-0.2, 0) is 15.7 Å². The topological polar surface area (TPSA) is 94.2 Å². The van der Waals surface area contributed by atoms with Crippen LogP contribution < -0.4 is 4.90 Å². The summed E-state index contributed by atoms with van der Waals surface area (Å²) >= 11 is 0. The van der Waals surface area contributed by atoms with Crippen LogP contribution in [0, 0.1) is 0 Å². The third kappa shape index (κ3) is 3.43. The number of carbonyl (C=O) groups is 1. The summed E-state index contributed by atoms with van der Waals surface area (Å²) in [5.74, 6) is -1.88. The van der Waals surface area contributed by atoms with Crippen molar-refractivity contribution in [2.24, 2.45) is 0 Å². The van der Waals surface area contributed by atoms with Crippen LogP contribution in [-0.4, -0.2) is 39.5 Å². The molecule has 11 heteroatoms. The van der Waals surface area contributed by atoms with E-state index in [4.69, 9.17) is 4.74 Å². The third-order valence-electron chi connectivity index (χ3n) is 4.06. The number of alkyl halides is 3. The molecular formula is C17H12F3N5O3. The predicted octanol–water partition coefficient (Wildman–Crippen LogP) is 2.65. The van der Waals surface area contributed by atoms with Crippen molar-refractivity contribution >= 4 is 11.7 Å². The van der Waals surface area contributed by atoms with Gasteiger partial charge in [-0.25, -0.2) is 0 Å². The highest BCUT2D eigenvalue weighted by Crippen LogP contribution is 2.31. The maximum Gasteiger partial charge on any atom is 0.471 e. The summed E-state index contributed by atoms with van der Waals surface area (Å²) in [5.41, 5.74) is 0.842. The average molecular weight is 391 g/mol. The predicted molar refractivity (Wildman–Crippen MR) is 87.8 cm³/mol. The standard InChI is InChI=1S/C17H12F3N5O3/c18-17(19,20)16-21-15(24-28-16)11-6-7-13(23-22-11)25-12(8-27-9-14(25)26)10-4-2-1-3-5-10/h1-7,12H,8-9H2/t12-/m0/s1. The molecule has 0 aliphatic carbocycles. The lowest BCUT2D eigenvalue weighted by atomic mass is 10.0. The van der Waals surface area contributed by atoms with Crippen LogP contribution in [0.2, 0.25) is 0 Å². The van der Waals surface area contributed by atoms with E-state index in [-0.39, 0.29) is 36.5 Å². The van der Waals surface area contributed by atoms with Gasteiger partial charge in [-0.3, -0.25) is 9.69 Å². The second kappa shape index (κ2) is 7.00. The first kappa shape index (κ1) is 18.0. The normalized spacial score (nSPS) is 17.8. The summed E-state index contributed by atoms with van der Waals surface area (Å²) in [6.07, 6.45) is -4.75. The smallest absolute Gasteiger partial charge is 0.369 e. The molecule has 0 saturated carbocycles. The van der Waals surface area contributed by atoms with Crippen LogP contribution in [0.5, 0.6) is 0 Å². The first-order valence-corrected chi connectivity index (χ1v) is 8.13. The van der Waals surface area contributed by atoms with Crippen LogP contribution in [0.4, 0.5) is 19.0 Å². The molecule has 1 aliphatic rings. The highest BCUT2D eigenvalue weighted by Gasteiger charge is 2.39. The summed E-state index contributed by atoms with van der Waals surface area (Å²) in [4.78, 5) is 17.1. The van der Waals surface area contributed by atoms with Gasteiger partial charge in [-0.2, -0.15) is 18.2 Å². The van der Waals surface area contributed by atoms with Gasteiger partial charge in [0.15, 0.2) is 5.82 Å². The molecule has 0 unspecified atom stereocenters. The van der Waals surface area contributed by atoms with Gasteiger partial charge in [-0.15, -0.1) is 10.2 Å². The van der Waals surface area contributed by atoms with E-state index in [9.17, 15) is 18.0 Å². The molecule has 1 amide bonds. The largest absolute Gasteiger partial charge is 0.471 e. The second-order valence-electron chi connectivity index (χ2n) is 5.90. The Morgan fingerprint density at radius 2 is 1.86 bits per heavy atom. The van der Waals surface area contributed by atoms with Gasteiger partial charge in [-0.1, -0.05) is 35.5 Å². The van der Waals surface area contributed by atoms with Crippen LogP contribution >= 0.6 is 0 Å². The van der Waals surface area contributed by atoms with Gasteiger partial charge in [0.05, 0.1) is 12.6 Å². The molecule has 1 saturated heterocycles. The minimum Gasteiger partial charge on any atom is -0.369 e. The monoisotopic (exact) mass is 391 g/mol. The Bertz CT molecular complexity index is 976. The zero-order chi connectivity index (χ0) is 19.7. The average Bonchev–Trinajstić information content (AvgIpc) is 3.19. The maximum absolute atomic E-state index is 12.6. The molecule has 0 bridgehead atoms. The van der Waals surface area contributed by atoms with E-state index in [1.807, 2.05) is 30.3 Å². The lowest BCUT2D eigenvalue weighted by molar-refractivity contribution is -0.159. The van der Waals surface area contributed by atoms with E-state index >= 15 is 0 Å². The quantitative estimate of drug-likeness (QED) is 0.677. The number of ether oxygens (including phenoxy) is 1. The lowest BCUT2D eigenvalue weighted by Crippen LogP contribution is -2.44. The van der Waals surface area contributed by atoms with Gasteiger partial charge in [0.25, 0.3) is 5.91 Å². The molecule has 0 radical (unpaired) electrons. The number of anilines is 1. The van der Waals surface area contributed by atoms with Crippen molar-refractivity contribution in [2.45, 2.75) is 12.2 Å². The van der Waals surface area contributed by atoms with Crippen molar-refractivity contribution in [1.82, 2.24) is 20.3 Å². The highest BCUT2D eigenvalue weighted by atomic mass is 19.4. The molecule has 144 valence electrons. The number of carbonyl (C=O) groups excluding carboxylic acids is 1. The molecule has 3 aromatic rings. The number of aromatic nitrogens is 4. The van der Waals surface area contributed by atoms with Gasteiger partial charge in [0.1, 0.15) is 12.3 Å². The van der Waals surface area contributed by atoms with E-state index in [0.717, 1.165) is 5.56 Å². The Labute approximate surface area is 155 Å². The van der Waals surface area contributed by atoms with Crippen LogP contribution in [0.25, 0.3) is 11.5 Å². The third-order valence-corrected chi connectivity index (χ3v) is 4.06.